The van der Waals surface area contributed by atoms with Crippen molar-refractivity contribution in [1.29, 1.82) is 0 Å². The van der Waals surface area contributed by atoms with E-state index in [-0.39, 0.29) is 0 Å². The van der Waals surface area contributed by atoms with E-state index >= 15 is 0 Å². The first-order valence-electron chi connectivity index (χ1n) is 7.84. The van der Waals surface area contributed by atoms with E-state index in [9.17, 15) is 4.79 Å². The Morgan fingerprint density at radius 3 is 2.46 bits per heavy atom. The van der Waals surface area contributed by atoms with Crippen LogP contribution in [0.1, 0.15) is 29.8 Å². The van der Waals surface area contributed by atoms with E-state index in [1.165, 1.54) is 5.56 Å². The van der Waals surface area contributed by atoms with E-state index in [1.807, 2.05) is 12.1 Å². The van der Waals surface area contributed by atoms with Crippen LogP contribution in [0.15, 0.2) is 48.5 Å². The van der Waals surface area contributed by atoms with Crippen LogP contribution in [0, 0.1) is 5.92 Å². The van der Waals surface area contributed by atoms with Crippen LogP contribution < -0.4 is 0 Å². The largest absolute Gasteiger partial charge is 0.276 e. The Bertz CT molecular complexity index is 901. The summed E-state index contributed by atoms with van der Waals surface area (Å²) in [7, 11) is 0. The Morgan fingerprint density at radius 1 is 1.12 bits per heavy atom. The lowest BCUT2D eigenvalue weighted by atomic mass is 10.00. The lowest BCUT2D eigenvalue weighted by Crippen LogP contribution is -1.97. The number of para-hydroxylation sites is 1. The number of nitrogens with zero attached hydrogens (tertiary/aromatic N) is 1. The topological polar surface area (TPSA) is 30.0 Å². The molecule has 3 rings (SSSR count). The van der Waals surface area contributed by atoms with Crippen molar-refractivity contribution in [3.8, 4) is 11.3 Å². The second-order valence-corrected chi connectivity index (χ2v) is 7.01. The van der Waals surface area contributed by atoms with Gasteiger partial charge in [-0.2, -0.15) is 0 Å². The fraction of sp³-hybridized carbons (Fsp3) is 0.200. The predicted octanol–water partition coefficient (Wildman–Crippen LogP) is 6.13. The Kier molecular flexibility index (Phi) is 4.88. The molecule has 2 aromatic carbocycles. The van der Waals surface area contributed by atoms with Crippen molar-refractivity contribution in [3.05, 3.63) is 64.7 Å². The molecule has 0 aliphatic rings. The van der Waals surface area contributed by atoms with E-state index in [4.69, 9.17) is 23.2 Å². The number of benzene rings is 2. The van der Waals surface area contributed by atoms with Gasteiger partial charge >= 0.3 is 0 Å². The minimum absolute atomic E-state index is 0.422. The van der Waals surface area contributed by atoms with E-state index in [2.05, 4.69) is 31.0 Å². The first-order chi connectivity index (χ1) is 11.5. The summed E-state index contributed by atoms with van der Waals surface area (Å²) in [4.78, 5) is 16.5. The zero-order valence-corrected chi connectivity index (χ0v) is 15.0. The molecule has 2 nitrogen and oxygen atoms in total. The molecule has 0 fully saturated rings. The predicted molar refractivity (Wildman–Crippen MR) is 101 cm³/mol. The Balaban J connectivity index is 2.12. The van der Waals surface area contributed by atoms with Crippen molar-refractivity contribution in [2.24, 2.45) is 5.92 Å². The normalized spacial score (nSPS) is 11.2. The van der Waals surface area contributed by atoms with Gasteiger partial charge in [0.25, 0.3) is 5.24 Å². The van der Waals surface area contributed by atoms with Gasteiger partial charge in [0.05, 0.1) is 16.2 Å². The third-order valence-corrected chi connectivity index (χ3v) is 4.40. The summed E-state index contributed by atoms with van der Waals surface area (Å²) < 4.78 is 0. The fourth-order valence-corrected chi connectivity index (χ4v) is 3.18. The van der Waals surface area contributed by atoms with Crippen molar-refractivity contribution in [2.45, 2.75) is 20.3 Å². The smallest absolute Gasteiger partial charge is 0.253 e. The molecule has 0 atom stereocenters. The molecule has 0 spiro atoms. The molecular weight excluding hydrogens is 341 g/mol. The van der Waals surface area contributed by atoms with E-state index in [0.29, 0.717) is 33.1 Å². The molecule has 3 aromatic rings. The summed E-state index contributed by atoms with van der Waals surface area (Å²) in [5.74, 6) is 0.605. The molecule has 0 saturated heterocycles. The molecule has 1 heterocycles. The Labute approximate surface area is 151 Å². The lowest BCUT2D eigenvalue weighted by Gasteiger charge is -2.10. The molecule has 122 valence electrons. The van der Waals surface area contributed by atoms with Gasteiger partial charge in [0.15, 0.2) is 0 Å². The molecule has 1 aromatic heterocycles. The zero-order chi connectivity index (χ0) is 17.3. The third kappa shape index (κ3) is 3.45. The first-order valence-corrected chi connectivity index (χ1v) is 8.59. The number of hydrogen-bond acceptors (Lipinski definition) is 2. The minimum atomic E-state index is -0.512. The molecule has 0 radical (unpaired) electrons. The highest BCUT2D eigenvalue weighted by atomic mass is 35.5. The van der Waals surface area contributed by atoms with E-state index in [1.54, 1.807) is 24.3 Å². The van der Waals surface area contributed by atoms with Crippen LogP contribution in [0.4, 0.5) is 0 Å². The SMILES string of the molecule is CC(C)Cc1ccc(-c2cc(C(=O)Cl)c3cccc(Cl)c3n2)cc1. The highest BCUT2D eigenvalue weighted by Crippen LogP contribution is 2.30. The molecule has 0 aliphatic carbocycles. The van der Waals surface area contributed by atoms with Gasteiger partial charge < -0.3 is 0 Å². The Hall–Kier alpha value is -1.90. The van der Waals surface area contributed by atoms with Crippen molar-refractivity contribution in [1.82, 2.24) is 4.98 Å². The molecule has 0 saturated carbocycles. The van der Waals surface area contributed by atoms with Gasteiger partial charge in [-0.25, -0.2) is 4.98 Å². The highest BCUT2D eigenvalue weighted by Gasteiger charge is 2.14. The second kappa shape index (κ2) is 6.92. The van der Waals surface area contributed by atoms with Crippen LogP contribution in [0.3, 0.4) is 0 Å². The molecule has 4 heteroatoms. The summed E-state index contributed by atoms with van der Waals surface area (Å²) in [5.41, 5.74) is 3.91. The molecule has 0 aliphatic heterocycles. The van der Waals surface area contributed by atoms with Crippen LogP contribution in [0.25, 0.3) is 22.2 Å². The molecule has 0 bridgehead atoms. The number of halogens is 2. The molecule has 0 amide bonds. The van der Waals surface area contributed by atoms with E-state index < -0.39 is 5.24 Å². The zero-order valence-electron chi connectivity index (χ0n) is 13.5. The van der Waals surface area contributed by atoms with Gasteiger partial charge in [0.2, 0.25) is 0 Å². The van der Waals surface area contributed by atoms with Gasteiger partial charge in [-0.1, -0.05) is 61.8 Å². The van der Waals surface area contributed by atoms with Crippen LogP contribution in [-0.2, 0) is 6.42 Å². The third-order valence-electron chi connectivity index (χ3n) is 3.90. The average Bonchev–Trinajstić information content (AvgIpc) is 2.54. The maximum atomic E-state index is 11.8. The number of rotatable bonds is 4. The standard InChI is InChI=1S/C20H17Cl2NO/c1-12(2)10-13-6-8-14(9-7-13)18-11-16(20(22)24)15-4-3-5-17(21)19(15)23-18/h3-9,11-12H,10H2,1-2H3. The van der Waals surface area contributed by atoms with E-state index in [0.717, 1.165) is 12.0 Å². The molecule has 24 heavy (non-hydrogen) atoms. The maximum Gasteiger partial charge on any atom is 0.253 e. The second-order valence-electron chi connectivity index (χ2n) is 6.26. The van der Waals surface area contributed by atoms with Crippen LogP contribution >= 0.6 is 23.2 Å². The number of hydrogen-bond donors (Lipinski definition) is 0. The van der Waals surface area contributed by atoms with Gasteiger partial charge in [-0.05, 0) is 41.6 Å². The monoisotopic (exact) mass is 357 g/mol. The van der Waals surface area contributed by atoms with Gasteiger partial charge in [0, 0.05) is 16.5 Å². The van der Waals surface area contributed by atoms with Gasteiger partial charge in [0.1, 0.15) is 0 Å². The molecular formula is C20H17Cl2NO. The summed E-state index contributed by atoms with van der Waals surface area (Å²) in [6.07, 6.45) is 1.03. The van der Waals surface area contributed by atoms with Crippen molar-refractivity contribution >= 4 is 39.3 Å². The quantitative estimate of drug-likeness (QED) is 0.525. The molecule has 0 N–H and O–H groups in total. The summed E-state index contributed by atoms with van der Waals surface area (Å²) in [6, 6.07) is 15.3. The minimum Gasteiger partial charge on any atom is -0.276 e. The summed E-state index contributed by atoms with van der Waals surface area (Å²) in [6.45, 7) is 4.39. The van der Waals surface area contributed by atoms with Crippen LogP contribution in [0.2, 0.25) is 5.02 Å². The summed E-state index contributed by atoms with van der Waals surface area (Å²) >= 11 is 12.0. The number of fused-ring (bicyclic) bond motifs is 1. The van der Waals surface area contributed by atoms with Gasteiger partial charge in [-0.15, -0.1) is 0 Å². The number of carbonyl (C=O) groups excluding carboxylic acids is 1. The van der Waals surface area contributed by atoms with Crippen molar-refractivity contribution < 1.29 is 4.79 Å². The lowest BCUT2D eigenvalue weighted by molar-refractivity contribution is 0.108. The first kappa shape index (κ1) is 16.9. The fourth-order valence-electron chi connectivity index (χ4n) is 2.81. The van der Waals surface area contributed by atoms with Crippen molar-refractivity contribution in [2.75, 3.05) is 0 Å². The van der Waals surface area contributed by atoms with Gasteiger partial charge in [-0.3, -0.25) is 4.79 Å². The molecule has 0 unspecified atom stereocenters. The number of aromatic nitrogens is 1. The summed E-state index contributed by atoms with van der Waals surface area (Å²) in [5, 5.41) is 0.662. The highest BCUT2D eigenvalue weighted by molar-refractivity contribution is 6.68. The van der Waals surface area contributed by atoms with Crippen LogP contribution in [-0.4, -0.2) is 10.2 Å². The van der Waals surface area contributed by atoms with Crippen LogP contribution in [0.5, 0.6) is 0 Å². The Morgan fingerprint density at radius 2 is 1.83 bits per heavy atom. The average molecular weight is 358 g/mol. The number of carbonyl (C=O) groups is 1. The maximum absolute atomic E-state index is 11.8. The number of pyridine rings is 1. The van der Waals surface area contributed by atoms with Crippen molar-refractivity contribution in [3.63, 3.8) is 0 Å².